The highest BCUT2D eigenvalue weighted by atomic mass is 16.5. The molecule has 0 fully saturated rings. The van der Waals surface area contributed by atoms with E-state index in [1.807, 2.05) is 19.0 Å². The predicted molar refractivity (Wildman–Crippen MR) is 98.3 cm³/mol. The Morgan fingerprint density at radius 2 is 1.64 bits per heavy atom. The highest BCUT2D eigenvalue weighted by Gasteiger charge is 2.11. The Morgan fingerprint density at radius 3 is 2.24 bits per heavy atom. The fourth-order valence-electron chi connectivity index (χ4n) is 2.17. The van der Waals surface area contributed by atoms with Gasteiger partial charge < -0.3 is 20.3 Å². The lowest BCUT2D eigenvalue weighted by atomic mass is 10.1. The van der Waals surface area contributed by atoms with Gasteiger partial charge in [-0.05, 0) is 56.6 Å². The van der Waals surface area contributed by atoms with Gasteiger partial charge >= 0.3 is 0 Å². The van der Waals surface area contributed by atoms with E-state index in [1.54, 1.807) is 55.6 Å². The first-order valence-corrected chi connectivity index (χ1v) is 7.98. The zero-order valence-electron chi connectivity index (χ0n) is 14.7. The Balaban J connectivity index is 2.01. The van der Waals surface area contributed by atoms with E-state index in [4.69, 9.17) is 4.74 Å². The lowest BCUT2D eigenvalue weighted by Crippen LogP contribution is -2.31. The first-order chi connectivity index (χ1) is 12.0. The first kappa shape index (κ1) is 18.5. The van der Waals surface area contributed by atoms with Gasteiger partial charge in [-0.3, -0.25) is 9.59 Å². The molecular weight excluding hydrogens is 318 g/mol. The summed E-state index contributed by atoms with van der Waals surface area (Å²) in [7, 11) is 5.47. The average Bonchev–Trinajstić information content (AvgIpc) is 2.62. The number of hydrogen-bond donors (Lipinski definition) is 2. The van der Waals surface area contributed by atoms with Crippen LogP contribution in [0.3, 0.4) is 0 Å². The van der Waals surface area contributed by atoms with Crippen LogP contribution in [-0.4, -0.2) is 51.0 Å². The Bertz CT molecular complexity index is 727. The third kappa shape index (κ3) is 5.61. The zero-order chi connectivity index (χ0) is 18.2. The van der Waals surface area contributed by atoms with E-state index in [1.165, 1.54) is 0 Å². The van der Waals surface area contributed by atoms with Gasteiger partial charge in [0.25, 0.3) is 11.8 Å². The van der Waals surface area contributed by atoms with Crippen LogP contribution >= 0.6 is 0 Å². The molecule has 2 aromatic rings. The van der Waals surface area contributed by atoms with Gasteiger partial charge in [-0.1, -0.05) is 6.07 Å². The molecule has 0 bridgehead atoms. The zero-order valence-corrected chi connectivity index (χ0v) is 14.7. The number of amides is 2. The van der Waals surface area contributed by atoms with Crippen molar-refractivity contribution in [2.75, 3.05) is 39.6 Å². The molecule has 6 nitrogen and oxygen atoms in total. The van der Waals surface area contributed by atoms with Gasteiger partial charge in [-0.25, -0.2) is 0 Å². The van der Waals surface area contributed by atoms with E-state index in [2.05, 4.69) is 10.6 Å². The van der Waals surface area contributed by atoms with Crippen molar-refractivity contribution >= 4 is 17.5 Å². The second-order valence-corrected chi connectivity index (χ2v) is 5.82. The van der Waals surface area contributed by atoms with Crippen molar-refractivity contribution < 1.29 is 14.3 Å². The Labute approximate surface area is 147 Å². The maximum Gasteiger partial charge on any atom is 0.255 e. The Morgan fingerprint density at radius 1 is 1.00 bits per heavy atom. The highest BCUT2D eigenvalue weighted by molar-refractivity contribution is 6.06. The van der Waals surface area contributed by atoms with Crippen LogP contribution in [-0.2, 0) is 0 Å². The minimum absolute atomic E-state index is 0.194. The summed E-state index contributed by atoms with van der Waals surface area (Å²) in [6.45, 7) is 1.30. The van der Waals surface area contributed by atoms with Crippen molar-refractivity contribution in [2.24, 2.45) is 0 Å². The monoisotopic (exact) mass is 341 g/mol. The van der Waals surface area contributed by atoms with E-state index in [-0.39, 0.29) is 11.8 Å². The summed E-state index contributed by atoms with van der Waals surface area (Å²) < 4.78 is 5.09. The molecule has 0 radical (unpaired) electrons. The third-order valence-electron chi connectivity index (χ3n) is 3.58. The summed E-state index contributed by atoms with van der Waals surface area (Å²) in [5.41, 5.74) is 1.55. The van der Waals surface area contributed by atoms with Crippen molar-refractivity contribution in [3.63, 3.8) is 0 Å². The molecule has 0 aliphatic carbocycles. The molecule has 2 N–H and O–H groups in total. The van der Waals surface area contributed by atoms with Crippen molar-refractivity contribution in [1.29, 1.82) is 0 Å². The number of rotatable bonds is 7. The minimum Gasteiger partial charge on any atom is -0.497 e. The van der Waals surface area contributed by atoms with Crippen LogP contribution in [0.4, 0.5) is 5.69 Å². The largest absolute Gasteiger partial charge is 0.497 e. The molecule has 0 saturated carbocycles. The predicted octanol–water partition coefficient (Wildman–Crippen LogP) is 2.24. The maximum atomic E-state index is 12.4. The number of anilines is 1. The van der Waals surface area contributed by atoms with Crippen LogP contribution in [0.1, 0.15) is 20.7 Å². The number of nitrogens with one attached hydrogen (secondary N) is 2. The van der Waals surface area contributed by atoms with Crippen LogP contribution in [0, 0.1) is 0 Å². The number of nitrogens with zero attached hydrogens (tertiary/aromatic N) is 1. The Hall–Kier alpha value is -2.86. The summed E-state index contributed by atoms with van der Waals surface area (Å²) in [5.74, 6) is 0.253. The number of carbonyl (C=O) groups excluding carboxylic acids is 2. The summed E-state index contributed by atoms with van der Waals surface area (Å²) in [5, 5.41) is 5.63. The van der Waals surface area contributed by atoms with Gasteiger partial charge in [0.15, 0.2) is 0 Å². The molecule has 0 aromatic heterocycles. The second-order valence-electron chi connectivity index (χ2n) is 5.82. The van der Waals surface area contributed by atoms with Crippen LogP contribution in [0.2, 0.25) is 0 Å². The molecule has 132 valence electrons. The van der Waals surface area contributed by atoms with Crippen molar-refractivity contribution in [1.82, 2.24) is 10.2 Å². The van der Waals surface area contributed by atoms with Crippen molar-refractivity contribution in [3.8, 4) is 5.75 Å². The summed E-state index contributed by atoms with van der Waals surface area (Å²) in [6.07, 6.45) is 0. The third-order valence-corrected chi connectivity index (χ3v) is 3.58. The van der Waals surface area contributed by atoms with Crippen LogP contribution < -0.4 is 15.4 Å². The van der Waals surface area contributed by atoms with Crippen molar-refractivity contribution in [2.45, 2.75) is 0 Å². The van der Waals surface area contributed by atoms with Gasteiger partial charge in [-0.15, -0.1) is 0 Å². The van der Waals surface area contributed by atoms with Gasteiger partial charge in [0.1, 0.15) is 5.75 Å². The number of benzene rings is 2. The van der Waals surface area contributed by atoms with Gasteiger partial charge in [-0.2, -0.15) is 0 Å². The lowest BCUT2D eigenvalue weighted by molar-refractivity contribution is 0.0951. The van der Waals surface area contributed by atoms with Gasteiger partial charge in [0, 0.05) is 29.9 Å². The average molecular weight is 341 g/mol. The Kier molecular flexibility index (Phi) is 6.54. The molecule has 0 saturated heterocycles. The van der Waals surface area contributed by atoms with Crippen LogP contribution in [0.25, 0.3) is 0 Å². The number of hydrogen-bond acceptors (Lipinski definition) is 4. The SMILES string of the molecule is COc1ccc(NC(=O)c2cccc(C(=O)NCCN(C)C)c2)cc1. The molecule has 0 atom stereocenters. The quantitative estimate of drug-likeness (QED) is 0.810. The minimum atomic E-state index is -0.270. The standard InChI is InChI=1S/C19H23N3O3/c1-22(2)12-11-20-18(23)14-5-4-6-15(13-14)19(24)21-16-7-9-17(25-3)10-8-16/h4-10,13H,11-12H2,1-3H3,(H,20,23)(H,21,24). The number of methoxy groups -OCH3 is 1. The van der Waals surface area contributed by atoms with Gasteiger partial charge in [0.05, 0.1) is 7.11 Å². The molecular formula is C19H23N3O3. The normalized spacial score (nSPS) is 10.4. The molecule has 2 amide bonds. The summed E-state index contributed by atoms with van der Waals surface area (Å²) in [6, 6.07) is 13.7. The highest BCUT2D eigenvalue weighted by Crippen LogP contribution is 2.16. The van der Waals surface area contributed by atoms with E-state index in [0.717, 1.165) is 12.3 Å². The fraction of sp³-hybridized carbons (Fsp3) is 0.263. The van der Waals surface area contributed by atoms with Crippen molar-refractivity contribution in [3.05, 3.63) is 59.7 Å². The first-order valence-electron chi connectivity index (χ1n) is 7.98. The van der Waals surface area contributed by atoms with E-state index in [9.17, 15) is 9.59 Å². The summed E-state index contributed by atoms with van der Waals surface area (Å²) in [4.78, 5) is 26.5. The smallest absolute Gasteiger partial charge is 0.255 e. The molecule has 2 rings (SSSR count). The molecule has 0 heterocycles. The molecule has 2 aromatic carbocycles. The number of ether oxygens (including phenoxy) is 1. The van der Waals surface area contributed by atoms with Gasteiger partial charge in [0.2, 0.25) is 0 Å². The van der Waals surface area contributed by atoms with Crippen LogP contribution in [0.5, 0.6) is 5.75 Å². The molecule has 0 spiro atoms. The molecule has 0 aliphatic rings. The number of carbonyl (C=O) groups is 2. The molecule has 6 heteroatoms. The maximum absolute atomic E-state index is 12.4. The van der Waals surface area contributed by atoms with Crippen LogP contribution in [0.15, 0.2) is 48.5 Å². The second kappa shape index (κ2) is 8.84. The number of likely N-dealkylation sites (N-methyl/N-ethyl adjacent to an activating group) is 1. The topological polar surface area (TPSA) is 70.7 Å². The molecule has 0 unspecified atom stereocenters. The van der Waals surface area contributed by atoms with E-state index < -0.39 is 0 Å². The summed E-state index contributed by atoms with van der Waals surface area (Å²) >= 11 is 0. The molecule has 25 heavy (non-hydrogen) atoms. The van der Waals surface area contributed by atoms with E-state index in [0.29, 0.717) is 23.4 Å². The van der Waals surface area contributed by atoms with E-state index >= 15 is 0 Å². The fourth-order valence-corrected chi connectivity index (χ4v) is 2.17. The lowest BCUT2D eigenvalue weighted by Gasteiger charge is -2.11. The molecule has 0 aliphatic heterocycles.